The molecular weight excluding hydrogens is 350 g/mol. The van der Waals surface area contributed by atoms with E-state index in [4.69, 9.17) is 4.74 Å². The molecule has 0 bridgehead atoms. The zero-order valence-corrected chi connectivity index (χ0v) is 15.8. The van der Waals surface area contributed by atoms with E-state index in [1.807, 2.05) is 66.7 Å². The summed E-state index contributed by atoms with van der Waals surface area (Å²) < 4.78 is 5.42. The highest BCUT2D eigenvalue weighted by atomic mass is 16.5. The molecule has 0 aliphatic heterocycles. The van der Waals surface area contributed by atoms with E-state index in [9.17, 15) is 9.59 Å². The van der Waals surface area contributed by atoms with Gasteiger partial charge in [-0.25, -0.2) is 4.79 Å². The molecule has 1 N–H and O–H groups in total. The summed E-state index contributed by atoms with van der Waals surface area (Å²) in [7, 11) is 0. The maximum Gasteiger partial charge on any atom is 0.336 e. The molecule has 3 aromatic carbocycles. The van der Waals surface area contributed by atoms with Gasteiger partial charge in [-0.2, -0.15) is 0 Å². The molecule has 0 spiro atoms. The largest absolute Gasteiger partial charge is 0.464 e. The predicted octanol–water partition coefficient (Wildman–Crippen LogP) is 4.12. The van der Waals surface area contributed by atoms with Gasteiger partial charge in [0.2, 0.25) is 0 Å². The fourth-order valence-corrected chi connectivity index (χ4v) is 3.19. The Morgan fingerprint density at radius 2 is 1.36 bits per heavy atom. The maximum absolute atomic E-state index is 13.2. The van der Waals surface area contributed by atoms with Crippen molar-refractivity contribution in [3.05, 3.63) is 108 Å². The first-order valence-electron chi connectivity index (χ1n) is 9.30. The summed E-state index contributed by atoms with van der Waals surface area (Å²) >= 11 is 0. The highest BCUT2D eigenvalue weighted by molar-refractivity contribution is 5.98. The summed E-state index contributed by atoms with van der Waals surface area (Å²) in [6.07, 6.45) is 0.287. The summed E-state index contributed by atoms with van der Waals surface area (Å²) in [4.78, 5) is 26.2. The normalized spacial score (nSPS) is 12.6. The Morgan fingerprint density at radius 3 is 1.93 bits per heavy atom. The van der Waals surface area contributed by atoms with Crippen LogP contribution in [0, 0.1) is 0 Å². The molecule has 0 aromatic heterocycles. The van der Waals surface area contributed by atoms with Gasteiger partial charge in [-0.1, -0.05) is 78.9 Å². The monoisotopic (exact) mass is 373 g/mol. The number of benzene rings is 3. The van der Waals surface area contributed by atoms with E-state index in [-0.39, 0.29) is 18.9 Å². The number of amides is 1. The van der Waals surface area contributed by atoms with Gasteiger partial charge in [0.05, 0.1) is 6.61 Å². The van der Waals surface area contributed by atoms with Crippen LogP contribution in [0.15, 0.2) is 91.0 Å². The van der Waals surface area contributed by atoms with Crippen LogP contribution in [0.4, 0.5) is 0 Å². The number of carbonyl (C=O) groups is 2. The summed E-state index contributed by atoms with van der Waals surface area (Å²) in [6, 6.07) is 27.7. The smallest absolute Gasteiger partial charge is 0.336 e. The minimum absolute atomic E-state index is 0.226. The van der Waals surface area contributed by atoms with Crippen LogP contribution >= 0.6 is 0 Å². The van der Waals surface area contributed by atoms with Crippen molar-refractivity contribution in [2.24, 2.45) is 0 Å². The first-order chi connectivity index (χ1) is 13.7. The van der Waals surface area contributed by atoms with E-state index in [1.54, 1.807) is 31.2 Å². The number of ether oxygens (including phenoxy) is 1. The molecule has 4 heteroatoms. The molecular formula is C24H23NO3. The summed E-state index contributed by atoms with van der Waals surface area (Å²) in [5.41, 5.74) is 0.764. The molecule has 0 aliphatic carbocycles. The van der Waals surface area contributed by atoms with Crippen LogP contribution in [-0.2, 0) is 21.5 Å². The van der Waals surface area contributed by atoms with Crippen molar-refractivity contribution < 1.29 is 14.3 Å². The fourth-order valence-electron chi connectivity index (χ4n) is 3.19. The Morgan fingerprint density at radius 1 is 0.821 bits per heavy atom. The molecule has 1 amide bonds. The van der Waals surface area contributed by atoms with Crippen LogP contribution in [0.3, 0.4) is 0 Å². The molecule has 0 heterocycles. The Balaban J connectivity index is 2.08. The SMILES string of the molecule is CCOC(=O)[C@](Cc1ccccc1)(NC(=O)c1ccccc1)c1ccccc1. The van der Waals surface area contributed by atoms with E-state index in [2.05, 4.69) is 5.32 Å². The van der Waals surface area contributed by atoms with Crippen LogP contribution < -0.4 is 5.32 Å². The Bertz CT molecular complexity index is 910. The van der Waals surface area contributed by atoms with Crippen molar-refractivity contribution in [3.8, 4) is 0 Å². The summed E-state index contributed by atoms with van der Waals surface area (Å²) in [5, 5.41) is 2.98. The Kier molecular flexibility index (Phi) is 6.22. The molecule has 0 radical (unpaired) electrons. The van der Waals surface area contributed by atoms with Crippen molar-refractivity contribution in [2.45, 2.75) is 18.9 Å². The van der Waals surface area contributed by atoms with Gasteiger partial charge in [0.25, 0.3) is 5.91 Å². The highest BCUT2D eigenvalue weighted by Gasteiger charge is 2.43. The van der Waals surface area contributed by atoms with Crippen molar-refractivity contribution in [1.82, 2.24) is 5.32 Å². The van der Waals surface area contributed by atoms with Crippen molar-refractivity contribution in [1.29, 1.82) is 0 Å². The first-order valence-corrected chi connectivity index (χ1v) is 9.30. The van der Waals surface area contributed by atoms with E-state index in [0.717, 1.165) is 5.56 Å². The van der Waals surface area contributed by atoms with Crippen molar-refractivity contribution in [2.75, 3.05) is 6.61 Å². The lowest BCUT2D eigenvalue weighted by atomic mass is 9.83. The molecule has 142 valence electrons. The van der Waals surface area contributed by atoms with E-state index in [0.29, 0.717) is 11.1 Å². The molecule has 28 heavy (non-hydrogen) atoms. The second-order valence-corrected chi connectivity index (χ2v) is 6.47. The molecule has 1 atom stereocenters. The van der Waals surface area contributed by atoms with Crippen molar-refractivity contribution in [3.63, 3.8) is 0 Å². The van der Waals surface area contributed by atoms with Gasteiger partial charge in [0, 0.05) is 12.0 Å². The molecule has 0 unspecified atom stereocenters. The van der Waals surface area contributed by atoms with Crippen molar-refractivity contribution >= 4 is 11.9 Å². The molecule has 3 rings (SSSR count). The van der Waals surface area contributed by atoms with E-state index >= 15 is 0 Å². The second-order valence-electron chi connectivity index (χ2n) is 6.47. The number of rotatable bonds is 7. The lowest BCUT2D eigenvalue weighted by Gasteiger charge is -2.33. The van der Waals surface area contributed by atoms with Gasteiger partial charge in [-0.05, 0) is 30.2 Å². The predicted molar refractivity (Wildman–Crippen MR) is 109 cm³/mol. The van der Waals surface area contributed by atoms with Crippen LogP contribution in [0.1, 0.15) is 28.4 Å². The van der Waals surface area contributed by atoms with Crippen LogP contribution in [0.25, 0.3) is 0 Å². The number of hydrogen-bond donors (Lipinski definition) is 1. The highest BCUT2D eigenvalue weighted by Crippen LogP contribution is 2.28. The number of esters is 1. The minimum Gasteiger partial charge on any atom is -0.464 e. The lowest BCUT2D eigenvalue weighted by Crippen LogP contribution is -2.54. The maximum atomic E-state index is 13.2. The molecule has 0 saturated heterocycles. The average molecular weight is 373 g/mol. The van der Waals surface area contributed by atoms with Gasteiger partial charge in [0.15, 0.2) is 5.54 Å². The van der Waals surface area contributed by atoms with Crippen LogP contribution in [0.2, 0.25) is 0 Å². The zero-order valence-electron chi connectivity index (χ0n) is 15.8. The second kappa shape index (κ2) is 9.00. The van der Waals surface area contributed by atoms with E-state index < -0.39 is 11.5 Å². The number of carbonyl (C=O) groups excluding carboxylic acids is 2. The van der Waals surface area contributed by atoms with Gasteiger partial charge in [-0.15, -0.1) is 0 Å². The average Bonchev–Trinajstić information content (AvgIpc) is 2.75. The van der Waals surface area contributed by atoms with E-state index in [1.165, 1.54) is 0 Å². The minimum atomic E-state index is -1.33. The molecule has 4 nitrogen and oxygen atoms in total. The fraction of sp³-hybridized carbons (Fsp3) is 0.167. The molecule has 0 fully saturated rings. The molecule has 0 aliphatic rings. The van der Waals surface area contributed by atoms with Crippen LogP contribution in [-0.4, -0.2) is 18.5 Å². The quantitative estimate of drug-likeness (QED) is 0.634. The third-order valence-corrected chi connectivity index (χ3v) is 4.57. The third-order valence-electron chi connectivity index (χ3n) is 4.57. The van der Waals surface area contributed by atoms with Gasteiger partial charge >= 0.3 is 5.97 Å². The Hall–Kier alpha value is -3.40. The zero-order chi connectivity index (χ0) is 19.8. The standard InChI is InChI=1S/C24H23NO3/c1-2-28-23(27)24(21-16-10-5-11-17-21,18-19-12-6-3-7-13-19)25-22(26)20-14-8-4-9-15-20/h3-17H,2,18H2,1H3,(H,25,26)/t24-/m1/s1. The van der Waals surface area contributed by atoms with Gasteiger partial charge in [-0.3, -0.25) is 4.79 Å². The summed E-state index contributed by atoms with van der Waals surface area (Å²) in [6.45, 7) is 1.98. The Labute approximate surface area is 165 Å². The molecule has 0 saturated carbocycles. The lowest BCUT2D eigenvalue weighted by molar-refractivity contribution is -0.151. The number of nitrogens with one attached hydrogen (secondary N) is 1. The molecule has 3 aromatic rings. The summed E-state index contributed by atoms with van der Waals surface area (Å²) in [5.74, 6) is -0.803. The van der Waals surface area contributed by atoms with Gasteiger partial charge in [0.1, 0.15) is 0 Å². The first kappa shape index (κ1) is 19.4. The van der Waals surface area contributed by atoms with Gasteiger partial charge < -0.3 is 10.1 Å². The third kappa shape index (κ3) is 4.29. The number of hydrogen-bond acceptors (Lipinski definition) is 3. The topological polar surface area (TPSA) is 55.4 Å². The van der Waals surface area contributed by atoms with Crippen LogP contribution in [0.5, 0.6) is 0 Å².